The topological polar surface area (TPSA) is 83.9 Å². The van der Waals surface area contributed by atoms with Crippen LogP contribution in [0.4, 0.5) is 10.1 Å². The molecule has 0 saturated heterocycles. The fourth-order valence-electron chi connectivity index (χ4n) is 4.03. The van der Waals surface area contributed by atoms with Gasteiger partial charge >= 0.3 is 0 Å². The van der Waals surface area contributed by atoms with Crippen molar-refractivity contribution in [2.24, 2.45) is 5.92 Å². The molecule has 33 heavy (non-hydrogen) atoms. The fourth-order valence-corrected chi connectivity index (χ4v) is 6.27. The predicted molar refractivity (Wildman–Crippen MR) is 129 cm³/mol. The highest BCUT2D eigenvalue weighted by atomic mass is 32.2. The highest BCUT2D eigenvalue weighted by Crippen LogP contribution is 2.45. The molecule has 0 radical (unpaired) electrons. The van der Waals surface area contributed by atoms with E-state index < -0.39 is 27.9 Å². The number of alkyl halides is 1. The zero-order valence-electron chi connectivity index (χ0n) is 18.9. The van der Waals surface area contributed by atoms with E-state index in [-0.39, 0.29) is 22.8 Å². The number of fused-ring (bicyclic) bond motifs is 1. The van der Waals surface area contributed by atoms with Crippen molar-refractivity contribution in [3.63, 3.8) is 0 Å². The second-order valence-corrected chi connectivity index (χ2v) is 10.9. The molecule has 1 N–H and O–H groups in total. The molecule has 0 fully saturated rings. The highest BCUT2D eigenvalue weighted by molar-refractivity contribution is 7.98. The Kier molecular flexibility index (Phi) is 8.78. The molecule has 2 aliphatic rings. The number of hydrogen-bond acceptors (Lipinski definition) is 7. The first kappa shape index (κ1) is 25.5. The van der Waals surface area contributed by atoms with Crippen molar-refractivity contribution in [2.45, 2.75) is 54.3 Å². The lowest BCUT2D eigenvalue weighted by atomic mass is 10.0. The van der Waals surface area contributed by atoms with E-state index in [0.717, 1.165) is 37.6 Å². The monoisotopic (exact) mass is 495 g/mol. The third-order valence-electron chi connectivity index (χ3n) is 5.86. The van der Waals surface area contributed by atoms with Crippen molar-refractivity contribution in [1.29, 1.82) is 0 Å². The van der Waals surface area contributed by atoms with Crippen LogP contribution in [0.3, 0.4) is 0 Å². The van der Waals surface area contributed by atoms with E-state index in [9.17, 15) is 18.3 Å². The van der Waals surface area contributed by atoms with Crippen molar-refractivity contribution in [3.8, 4) is 5.75 Å². The summed E-state index contributed by atoms with van der Waals surface area (Å²) in [6, 6.07) is 3.06. The summed E-state index contributed by atoms with van der Waals surface area (Å²) in [5.41, 5.74) is -0.631. The lowest BCUT2D eigenvalue weighted by molar-refractivity contribution is -0.105. The van der Waals surface area contributed by atoms with Crippen molar-refractivity contribution in [3.05, 3.63) is 47.9 Å². The van der Waals surface area contributed by atoms with Gasteiger partial charge in [-0.2, -0.15) is 0 Å². The van der Waals surface area contributed by atoms with Gasteiger partial charge in [0.25, 0.3) is 0 Å². The SMILES string of the molecule is CCCC[C@@H]1CN(C2=CC=CCC2)c2cc(SC)c(O/C=C(\C=O)CO)cc2S(=O)(=O)C1F. The summed E-state index contributed by atoms with van der Waals surface area (Å²) in [4.78, 5) is 13.5. The van der Waals surface area contributed by atoms with Crippen LogP contribution >= 0.6 is 11.8 Å². The average Bonchev–Trinajstić information content (AvgIpc) is 2.91. The Morgan fingerprint density at radius 2 is 2.18 bits per heavy atom. The lowest BCUT2D eigenvalue weighted by Crippen LogP contribution is -2.33. The summed E-state index contributed by atoms with van der Waals surface area (Å²) in [7, 11) is -4.29. The number of nitrogens with zero attached hydrogens (tertiary/aromatic N) is 1. The Labute approximate surface area is 199 Å². The van der Waals surface area contributed by atoms with E-state index >= 15 is 4.39 Å². The largest absolute Gasteiger partial charge is 0.463 e. The second-order valence-electron chi connectivity index (χ2n) is 8.09. The highest BCUT2D eigenvalue weighted by Gasteiger charge is 2.42. The summed E-state index contributed by atoms with van der Waals surface area (Å²) in [5.74, 6) is -0.471. The van der Waals surface area contributed by atoms with Crippen LogP contribution in [0.2, 0.25) is 0 Å². The minimum absolute atomic E-state index is 0.00336. The molecule has 1 aliphatic carbocycles. The third kappa shape index (κ3) is 5.53. The van der Waals surface area contributed by atoms with Gasteiger partial charge in [-0.25, -0.2) is 12.8 Å². The molecular weight excluding hydrogens is 465 g/mol. The lowest BCUT2D eigenvalue weighted by Gasteiger charge is -2.31. The van der Waals surface area contributed by atoms with Gasteiger partial charge in [-0.1, -0.05) is 31.9 Å². The summed E-state index contributed by atoms with van der Waals surface area (Å²) in [6.45, 7) is 1.77. The van der Waals surface area contributed by atoms with Crippen LogP contribution in [0.15, 0.2) is 57.7 Å². The molecule has 1 aromatic carbocycles. The van der Waals surface area contributed by atoms with Crippen molar-refractivity contribution >= 4 is 33.6 Å². The quantitative estimate of drug-likeness (QED) is 0.228. The molecule has 180 valence electrons. The molecule has 6 nitrogen and oxygen atoms in total. The molecule has 0 spiro atoms. The molecule has 9 heteroatoms. The Bertz CT molecular complexity index is 1060. The third-order valence-corrected chi connectivity index (χ3v) is 8.54. The molecule has 1 unspecified atom stereocenters. The molecule has 1 aromatic rings. The molecular formula is C24H30FNO5S2. The van der Waals surface area contributed by atoms with Gasteiger partial charge in [-0.05, 0) is 37.7 Å². The van der Waals surface area contributed by atoms with Crippen LogP contribution in [0.1, 0.15) is 39.0 Å². The van der Waals surface area contributed by atoms with E-state index in [2.05, 4.69) is 0 Å². The molecule has 2 atom stereocenters. The van der Waals surface area contributed by atoms with E-state index in [0.29, 0.717) is 23.3 Å². The van der Waals surface area contributed by atoms with Crippen molar-refractivity contribution in [2.75, 3.05) is 24.3 Å². The number of aliphatic hydroxyl groups excluding tert-OH is 1. The zero-order chi connectivity index (χ0) is 24.0. The number of halogens is 1. The predicted octanol–water partition coefficient (Wildman–Crippen LogP) is 4.79. The average molecular weight is 496 g/mol. The number of anilines is 1. The maximum absolute atomic E-state index is 15.6. The Morgan fingerprint density at radius 3 is 2.79 bits per heavy atom. The molecule has 1 aliphatic heterocycles. The van der Waals surface area contributed by atoms with E-state index in [1.54, 1.807) is 6.07 Å². The van der Waals surface area contributed by atoms with Crippen LogP contribution in [-0.2, 0) is 14.6 Å². The van der Waals surface area contributed by atoms with E-state index in [4.69, 9.17) is 4.74 Å². The summed E-state index contributed by atoms with van der Waals surface area (Å²) in [6.07, 6.45) is 13.0. The molecule has 0 aromatic heterocycles. The van der Waals surface area contributed by atoms with E-state index in [1.165, 1.54) is 17.8 Å². The summed E-state index contributed by atoms with van der Waals surface area (Å²) < 4.78 is 48.0. The van der Waals surface area contributed by atoms with Gasteiger partial charge in [-0.3, -0.25) is 4.79 Å². The number of thioether (sulfide) groups is 1. The number of benzene rings is 1. The number of unbranched alkanes of at least 4 members (excludes halogenated alkanes) is 1. The maximum Gasteiger partial charge on any atom is 0.212 e. The first-order chi connectivity index (χ1) is 15.9. The van der Waals surface area contributed by atoms with Gasteiger partial charge in [-0.15, -0.1) is 11.8 Å². The van der Waals surface area contributed by atoms with Crippen LogP contribution in [-0.4, -0.2) is 44.7 Å². The fraction of sp³-hybridized carbons (Fsp3) is 0.458. The summed E-state index contributed by atoms with van der Waals surface area (Å²) >= 11 is 1.35. The maximum atomic E-state index is 15.6. The summed E-state index contributed by atoms with van der Waals surface area (Å²) in [5, 5.41) is 9.21. The molecule has 0 bridgehead atoms. The van der Waals surface area contributed by atoms with Gasteiger partial charge < -0.3 is 14.7 Å². The number of carbonyl (C=O) groups is 1. The smallest absolute Gasteiger partial charge is 0.212 e. The number of ether oxygens (including phenoxy) is 1. The minimum atomic E-state index is -4.29. The van der Waals surface area contributed by atoms with E-state index in [1.807, 2.05) is 36.3 Å². The first-order valence-corrected chi connectivity index (χ1v) is 13.8. The van der Waals surface area contributed by atoms with Crippen molar-refractivity contribution < 1.29 is 27.4 Å². The molecule has 0 saturated carbocycles. The Morgan fingerprint density at radius 1 is 1.39 bits per heavy atom. The minimum Gasteiger partial charge on any atom is -0.463 e. The Hall–Kier alpha value is -2.10. The molecule has 1 heterocycles. The van der Waals surface area contributed by atoms with Crippen molar-refractivity contribution in [1.82, 2.24) is 0 Å². The zero-order valence-corrected chi connectivity index (χ0v) is 20.5. The number of rotatable bonds is 9. The molecule has 3 rings (SSSR count). The van der Waals surface area contributed by atoms with Crippen LogP contribution in [0.5, 0.6) is 5.75 Å². The normalized spacial score (nSPS) is 22.4. The Balaban J connectivity index is 2.19. The number of aldehydes is 1. The number of allylic oxidation sites excluding steroid dienone is 4. The van der Waals surface area contributed by atoms with Gasteiger partial charge in [0.15, 0.2) is 6.29 Å². The number of hydrogen-bond donors (Lipinski definition) is 1. The first-order valence-electron chi connectivity index (χ1n) is 11.0. The van der Waals surface area contributed by atoms with Gasteiger partial charge in [0.05, 0.1) is 33.9 Å². The van der Waals surface area contributed by atoms with Crippen LogP contribution < -0.4 is 9.64 Å². The van der Waals surface area contributed by atoms with Gasteiger partial charge in [0.2, 0.25) is 15.3 Å². The van der Waals surface area contributed by atoms with Crippen LogP contribution in [0, 0.1) is 5.92 Å². The number of sulfone groups is 1. The van der Waals surface area contributed by atoms with Gasteiger partial charge in [0, 0.05) is 24.2 Å². The second kappa shape index (κ2) is 11.4. The molecule has 0 amide bonds. The number of aliphatic hydroxyl groups is 1. The van der Waals surface area contributed by atoms with Gasteiger partial charge in [0.1, 0.15) is 5.75 Å². The number of carbonyl (C=O) groups excluding carboxylic acids is 1. The van der Waals surface area contributed by atoms with Crippen LogP contribution in [0.25, 0.3) is 0 Å². The standard InChI is InChI=1S/C24H30FNO5S2/c1-3-4-8-18-13-26(19-9-6-5-7-10-19)20-11-22(32-2)21(31-16-17(14-27)15-28)12-23(20)33(29,30)24(18)25/h5-6,9,11-12,14,16,18,24,28H,3-4,7-8,10,13,15H2,1-2H3/b17-16+/t18-,24?/m1/s1.